The molecule has 2 heterocycles. The molecule has 6 heteroatoms. The first kappa shape index (κ1) is 14.6. The van der Waals surface area contributed by atoms with Crippen molar-refractivity contribution in [2.24, 2.45) is 5.92 Å². The van der Waals surface area contributed by atoms with Gasteiger partial charge < -0.3 is 14.5 Å². The molecule has 1 aromatic rings. The van der Waals surface area contributed by atoms with Crippen LogP contribution in [0.1, 0.15) is 55.8 Å². The van der Waals surface area contributed by atoms with Gasteiger partial charge >= 0.3 is 5.97 Å². The molecular weight excluding hydrogens is 260 g/mol. The van der Waals surface area contributed by atoms with E-state index in [0.717, 1.165) is 6.42 Å². The molecule has 1 aliphatic rings. The van der Waals surface area contributed by atoms with Gasteiger partial charge in [-0.3, -0.25) is 4.79 Å². The van der Waals surface area contributed by atoms with Crippen molar-refractivity contribution in [3.05, 3.63) is 17.5 Å². The van der Waals surface area contributed by atoms with Crippen LogP contribution in [0.25, 0.3) is 0 Å². The van der Waals surface area contributed by atoms with Crippen LogP contribution >= 0.6 is 0 Å². The number of carboxylic acids is 1. The first-order valence-electron chi connectivity index (χ1n) is 6.90. The lowest BCUT2D eigenvalue weighted by Crippen LogP contribution is -2.49. The van der Waals surface area contributed by atoms with E-state index in [4.69, 9.17) is 4.52 Å². The predicted octanol–water partition coefficient (Wildman–Crippen LogP) is 2.12. The Kier molecular flexibility index (Phi) is 4.11. The first-order valence-corrected chi connectivity index (χ1v) is 6.90. The van der Waals surface area contributed by atoms with E-state index in [1.807, 2.05) is 20.8 Å². The van der Waals surface area contributed by atoms with Gasteiger partial charge in [-0.15, -0.1) is 0 Å². The monoisotopic (exact) mass is 280 g/mol. The molecule has 0 aliphatic carbocycles. The molecule has 6 nitrogen and oxygen atoms in total. The standard InChI is InChI=1S/C14H20N2O4/c1-8(2)12-7-10(15-20-12)13(17)16-5-4-9(3)6-11(16)14(18)19/h7-9,11H,4-6H2,1-3H3,(H,18,19). The van der Waals surface area contributed by atoms with Gasteiger partial charge in [-0.25, -0.2) is 4.79 Å². The molecule has 0 radical (unpaired) electrons. The number of likely N-dealkylation sites (tertiary alicyclic amines) is 1. The van der Waals surface area contributed by atoms with E-state index in [0.29, 0.717) is 24.6 Å². The number of carbonyl (C=O) groups excluding carboxylic acids is 1. The van der Waals surface area contributed by atoms with Crippen molar-refractivity contribution in [2.75, 3.05) is 6.54 Å². The molecule has 1 fully saturated rings. The molecule has 0 spiro atoms. The van der Waals surface area contributed by atoms with E-state index < -0.39 is 12.0 Å². The van der Waals surface area contributed by atoms with Gasteiger partial charge in [-0.1, -0.05) is 25.9 Å². The Labute approximate surface area is 117 Å². The largest absolute Gasteiger partial charge is 0.480 e. The lowest BCUT2D eigenvalue weighted by molar-refractivity contribution is -0.144. The van der Waals surface area contributed by atoms with Gasteiger partial charge in [0.1, 0.15) is 11.8 Å². The lowest BCUT2D eigenvalue weighted by atomic mass is 9.92. The molecule has 0 aromatic carbocycles. The van der Waals surface area contributed by atoms with Crippen molar-refractivity contribution in [1.29, 1.82) is 0 Å². The maximum Gasteiger partial charge on any atom is 0.326 e. The van der Waals surface area contributed by atoms with Crippen molar-refractivity contribution in [2.45, 2.75) is 45.6 Å². The van der Waals surface area contributed by atoms with E-state index in [1.54, 1.807) is 6.07 Å². The third-order valence-electron chi connectivity index (χ3n) is 3.73. The van der Waals surface area contributed by atoms with E-state index in [2.05, 4.69) is 5.16 Å². The summed E-state index contributed by atoms with van der Waals surface area (Å²) < 4.78 is 5.11. The fraction of sp³-hybridized carbons (Fsp3) is 0.643. The zero-order valence-corrected chi connectivity index (χ0v) is 12.0. The Bertz CT molecular complexity index is 509. The van der Waals surface area contributed by atoms with E-state index in [-0.39, 0.29) is 17.5 Å². The highest BCUT2D eigenvalue weighted by atomic mass is 16.5. The third kappa shape index (κ3) is 2.84. The van der Waals surface area contributed by atoms with Crippen molar-refractivity contribution < 1.29 is 19.2 Å². The second-order valence-electron chi connectivity index (χ2n) is 5.75. The van der Waals surface area contributed by atoms with Crippen molar-refractivity contribution in [3.8, 4) is 0 Å². The molecule has 2 rings (SSSR count). The molecule has 0 bridgehead atoms. The fourth-order valence-corrected chi connectivity index (χ4v) is 2.43. The van der Waals surface area contributed by atoms with Crippen LogP contribution in [-0.4, -0.2) is 39.6 Å². The Morgan fingerprint density at radius 3 is 2.75 bits per heavy atom. The van der Waals surface area contributed by atoms with Crippen molar-refractivity contribution >= 4 is 11.9 Å². The summed E-state index contributed by atoms with van der Waals surface area (Å²) in [5.74, 6) is -0.243. The maximum absolute atomic E-state index is 12.4. The van der Waals surface area contributed by atoms with Crippen LogP contribution < -0.4 is 0 Å². The van der Waals surface area contributed by atoms with Gasteiger partial charge in [0.2, 0.25) is 0 Å². The Balaban J connectivity index is 2.19. The normalized spacial score (nSPS) is 23.1. The van der Waals surface area contributed by atoms with Crippen LogP contribution in [-0.2, 0) is 4.79 Å². The molecule has 2 unspecified atom stereocenters. The van der Waals surface area contributed by atoms with Crippen LogP contribution in [0.5, 0.6) is 0 Å². The van der Waals surface area contributed by atoms with E-state index in [9.17, 15) is 14.7 Å². The molecular formula is C14H20N2O4. The maximum atomic E-state index is 12.4. The molecule has 1 saturated heterocycles. The summed E-state index contributed by atoms with van der Waals surface area (Å²) in [5.41, 5.74) is 0.189. The van der Waals surface area contributed by atoms with Crippen molar-refractivity contribution in [1.82, 2.24) is 10.1 Å². The number of nitrogens with zero attached hydrogens (tertiary/aromatic N) is 2. The van der Waals surface area contributed by atoms with Gasteiger partial charge in [0.05, 0.1) is 0 Å². The molecule has 1 amide bonds. The van der Waals surface area contributed by atoms with Gasteiger partial charge in [0, 0.05) is 18.5 Å². The van der Waals surface area contributed by atoms with E-state index in [1.165, 1.54) is 4.90 Å². The third-order valence-corrected chi connectivity index (χ3v) is 3.73. The van der Waals surface area contributed by atoms with Crippen LogP contribution in [0.15, 0.2) is 10.6 Å². The number of amides is 1. The van der Waals surface area contributed by atoms with Crippen LogP contribution in [0.3, 0.4) is 0 Å². The number of aliphatic carboxylic acids is 1. The summed E-state index contributed by atoms with van der Waals surface area (Å²) in [6.45, 7) is 6.33. The quantitative estimate of drug-likeness (QED) is 0.916. The highest BCUT2D eigenvalue weighted by Crippen LogP contribution is 2.25. The summed E-state index contributed by atoms with van der Waals surface area (Å²) in [7, 11) is 0. The number of hydrogen-bond donors (Lipinski definition) is 1. The minimum Gasteiger partial charge on any atom is -0.480 e. The second kappa shape index (κ2) is 5.64. The minimum absolute atomic E-state index is 0.140. The fourth-order valence-electron chi connectivity index (χ4n) is 2.43. The SMILES string of the molecule is CC1CCN(C(=O)c2cc(C(C)C)on2)C(C(=O)O)C1. The lowest BCUT2D eigenvalue weighted by Gasteiger charge is -2.35. The number of hydrogen-bond acceptors (Lipinski definition) is 4. The number of carboxylic acid groups (broad SMARTS) is 1. The van der Waals surface area contributed by atoms with Gasteiger partial charge in [0.25, 0.3) is 5.91 Å². The van der Waals surface area contributed by atoms with Gasteiger partial charge in [-0.05, 0) is 18.8 Å². The van der Waals surface area contributed by atoms with E-state index >= 15 is 0 Å². The average Bonchev–Trinajstić information content (AvgIpc) is 2.87. The molecule has 2 atom stereocenters. The molecule has 1 aliphatic heterocycles. The van der Waals surface area contributed by atoms with Crippen LogP contribution in [0.2, 0.25) is 0 Å². The smallest absolute Gasteiger partial charge is 0.326 e. The number of aromatic nitrogens is 1. The Morgan fingerprint density at radius 2 is 2.20 bits per heavy atom. The molecule has 1 aromatic heterocycles. The zero-order valence-electron chi connectivity index (χ0n) is 12.0. The summed E-state index contributed by atoms with van der Waals surface area (Å²) in [6.07, 6.45) is 1.29. The molecule has 1 N–H and O–H groups in total. The van der Waals surface area contributed by atoms with Gasteiger partial charge in [-0.2, -0.15) is 0 Å². The molecule has 20 heavy (non-hydrogen) atoms. The first-order chi connectivity index (χ1) is 9.40. The highest BCUT2D eigenvalue weighted by Gasteiger charge is 2.36. The zero-order chi connectivity index (χ0) is 14.9. The van der Waals surface area contributed by atoms with Crippen molar-refractivity contribution in [3.63, 3.8) is 0 Å². The number of piperidine rings is 1. The van der Waals surface area contributed by atoms with Crippen LogP contribution in [0.4, 0.5) is 0 Å². The summed E-state index contributed by atoms with van der Waals surface area (Å²) in [4.78, 5) is 25.1. The second-order valence-corrected chi connectivity index (χ2v) is 5.75. The topological polar surface area (TPSA) is 83.6 Å². The Morgan fingerprint density at radius 1 is 1.50 bits per heavy atom. The minimum atomic E-state index is -0.961. The number of rotatable bonds is 3. The average molecular weight is 280 g/mol. The molecule has 110 valence electrons. The summed E-state index contributed by atoms with van der Waals surface area (Å²) >= 11 is 0. The summed E-state index contributed by atoms with van der Waals surface area (Å²) in [6, 6.07) is 0.828. The molecule has 0 saturated carbocycles. The van der Waals surface area contributed by atoms with Crippen LogP contribution in [0, 0.1) is 5.92 Å². The van der Waals surface area contributed by atoms with Gasteiger partial charge in [0.15, 0.2) is 5.69 Å². The summed E-state index contributed by atoms with van der Waals surface area (Å²) in [5, 5.41) is 13.0. The predicted molar refractivity (Wildman–Crippen MR) is 71.5 cm³/mol. The highest BCUT2D eigenvalue weighted by molar-refractivity contribution is 5.95. The Hall–Kier alpha value is -1.85. The number of carbonyl (C=O) groups is 2.